The van der Waals surface area contributed by atoms with Crippen LogP contribution >= 0.6 is 0 Å². The van der Waals surface area contributed by atoms with E-state index in [4.69, 9.17) is 4.84 Å². The average Bonchev–Trinajstić information content (AvgIpc) is 3.47. The summed E-state index contributed by atoms with van der Waals surface area (Å²) in [7, 11) is 0. The molecule has 0 saturated heterocycles. The Bertz CT molecular complexity index is 873. The first kappa shape index (κ1) is 14.8. The number of hydrogen-bond donors (Lipinski definition) is 1. The summed E-state index contributed by atoms with van der Waals surface area (Å²) in [5.74, 6) is 0.262. The van der Waals surface area contributed by atoms with Gasteiger partial charge in [-0.15, -0.1) is 0 Å². The lowest BCUT2D eigenvalue weighted by Crippen LogP contribution is -2.24. The van der Waals surface area contributed by atoms with Crippen LogP contribution in [0.15, 0.2) is 60.7 Å². The van der Waals surface area contributed by atoms with Crippen LogP contribution in [0.4, 0.5) is 0 Å². The van der Waals surface area contributed by atoms with Crippen LogP contribution in [0.1, 0.15) is 40.4 Å². The Kier molecular flexibility index (Phi) is 3.97. The van der Waals surface area contributed by atoms with Gasteiger partial charge in [0.1, 0.15) is 0 Å². The van der Waals surface area contributed by atoms with Crippen molar-refractivity contribution in [3.8, 4) is 0 Å². The zero-order valence-electron chi connectivity index (χ0n) is 13.2. The summed E-state index contributed by atoms with van der Waals surface area (Å²) in [6.07, 6.45) is 2.30. The van der Waals surface area contributed by atoms with E-state index in [-0.39, 0.29) is 5.91 Å². The van der Waals surface area contributed by atoms with E-state index in [0.717, 1.165) is 35.0 Å². The minimum atomic E-state index is -0.230. The molecule has 1 aromatic heterocycles. The van der Waals surface area contributed by atoms with Crippen molar-refractivity contribution < 1.29 is 9.63 Å². The third-order valence-corrected chi connectivity index (χ3v) is 4.22. The number of nitrogens with one attached hydrogen (secondary N) is 1. The number of benzene rings is 2. The lowest BCUT2D eigenvalue weighted by Gasteiger charge is -2.10. The predicted octanol–water partition coefficient (Wildman–Crippen LogP) is 3.97. The molecule has 1 N–H and O–H groups in total. The fourth-order valence-electron chi connectivity index (χ4n) is 2.79. The molecule has 1 aliphatic rings. The third kappa shape index (κ3) is 3.14. The standard InChI is InChI=1S/C20H18N2O2/c23-20(22-24-13-14-6-2-1-3-7-14)17-12-19(15-10-11-15)21-18-9-5-4-8-16(17)18/h1-9,12,15H,10-11,13H2,(H,22,23). The highest BCUT2D eigenvalue weighted by molar-refractivity contribution is 6.05. The van der Waals surface area contributed by atoms with E-state index in [2.05, 4.69) is 10.5 Å². The van der Waals surface area contributed by atoms with Crippen molar-refractivity contribution in [1.82, 2.24) is 10.5 Å². The van der Waals surface area contributed by atoms with Crippen LogP contribution in [0, 0.1) is 0 Å². The first-order valence-electron chi connectivity index (χ1n) is 8.17. The van der Waals surface area contributed by atoms with Crippen molar-refractivity contribution in [1.29, 1.82) is 0 Å². The van der Waals surface area contributed by atoms with Crippen molar-refractivity contribution in [3.05, 3.63) is 77.5 Å². The van der Waals surface area contributed by atoms with E-state index in [1.807, 2.05) is 60.7 Å². The topological polar surface area (TPSA) is 51.2 Å². The summed E-state index contributed by atoms with van der Waals surface area (Å²) in [5.41, 5.74) is 6.05. The van der Waals surface area contributed by atoms with Crippen LogP contribution in [0.3, 0.4) is 0 Å². The molecule has 0 bridgehead atoms. The molecule has 1 saturated carbocycles. The maximum Gasteiger partial charge on any atom is 0.275 e. The molecule has 1 aliphatic carbocycles. The van der Waals surface area contributed by atoms with Gasteiger partial charge in [0.15, 0.2) is 0 Å². The minimum Gasteiger partial charge on any atom is -0.269 e. The highest BCUT2D eigenvalue weighted by Gasteiger charge is 2.26. The molecule has 0 unspecified atom stereocenters. The Hall–Kier alpha value is -2.72. The number of pyridine rings is 1. The SMILES string of the molecule is O=C(NOCc1ccccc1)c1cc(C2CC2)nc2ccccc12. The lowest BCUT2D eigenvalue weighted by molar-refractivity contribution is 0.0235. The molecule has 120 valence electrons. The van der Waals surface area contributed by atoms with E-state index < -0.39 is 0 Å². The summed E-state index contributed by atoms with van der Waals surface area (Å²) in [5, 5.41) is 0.850. The van der Waals surface area contributed by atoms with Gasteiger partial charge in [-0.05, 0) is 30.5 Å². The van der Waals surface area contributed by atoms with Crippen molar-refractivity contribution in [2.75, 3.05) is 0 Å². The number of rotatable bonds is 5. The Morgan fingerprint density at radius 2 is 1.83 bits per heavy atom. The largest absolute Gasteiger partial charge is 0.275 e. The van der Waals surface area contributed by atoms with Gasteiger partial charge in [-0.25, -0.2) is 5.48 Å². The van der Waals surface area contributed by atoms with Gasteiger partial charge in [-0.3, -0.25) is 14.6 Å². The van der Waals surface area contributed by atoms with Gasteiger partial charge in [0, 0.05) is 17.0 Å². The van der Waals surface area contributed by atoms with Crippen molar-refractivity contribution in [2.24, 2.45) is 0 Å². The van der Waals surface area contributed by atoms with Crippen LogP contribution < -0.4 is 5.48 Å². The van der Waals surface area contributed by atoms with Gasteiger partial charge in [0.2, 0.25) is 0 Å². The number of carbonyl (C=O) groups excluding carboxylic acids is 1. The number of para-hydroxylation sites is 1. The molecule has 4 nitrogen and oxygen atoms in total. The number of carbonyl (C=O) groups is 1. The summed E-state index contributed by atoms with van der Waals surface area (Å²) in [6.45, 7) is 0.338. The zero-order valence-corrected chi connectivity index (χ0v) is 13.2. The molecule has 1 fully saturated rings. The molecule has 4 heteroatoms. The van der Waals surface area contributed by atoms with E-state index in [0.29, 0.717) is 18.1 Å². The van der Waals surface area contributed by atoms with Gasteiger partial charge >= 0.3 is 0 Å². The Balaban J connectivity index is 1.54. The maximum atomic E-state index is 12.6. The Morgan fingerprint density at radius 3 is 2.62 bits per heavy atom. The number of amides is 1. The maximum absolute atomic E-state index is 12.6. The number of nitrogens with zero attached hydrogens (tertiary/aromatic N) is 1. The normalized spacial score (nSPS) is 13.8. The summed E-state index contributed by atoms with van der Waals surface area (Å²) in [6, 6.07) is 19.4. The second-order valence-corrected chi connectivity index (χ2v) is 6.09. The average molecular weight is 318 g/mol. The molecular weight excluding hydrogens is 300 g/mol. The molecule has 1 heterocycles. The summed E-state index contributed by atoms with van der Waals surface area (Å²) >= 11 is 0. The van der Waals surface area contributed by atoms with E-state index in [1.54, 1.807) is 0 Å². The minimum absolute atomic E-state index is 0.230. The molecule has 2 aromatic carbocycles. The number of hydrogen-bond acceptors (Lipinski definition) is 3. The summed E-state index contributed by atoms with van der Waals surface area (Å²) < 4.78 is 0. The van der Waals surface area contributed by atoms with Crippen molar-refractivity contribution in [2.45, 2.75) is 25.4 Å². The molecular formula is C20H18N2O2. The number of fused-ring (bicyclic) bond motifs is 1. The van der Waals surface area contributed by atoms with Gasteiger partial charge < -0.3 is 0 Å². The second kappa shape index (κ2) is 6.42. The smallest absolute Gasteiger partial charge is 0.269 e. The highest BCUT2D eigenvalue weighted by Crippen LogP contribution is 2.40. The van der Waals surface area contributed by atoms with Gasteiger partial charge in [-0.1, -0.05) is 48.5 Å². The fourth-order valence-corrected chi connectivity index (χ4v) is 2.79. The van der Waals surface area contributed by atoms with Crippen LogP contribution in [0.5, 0.6) is 0 Å². The second-order valence-electron chi connectivity index (χ2n) is 6.09. The first-order valence-corrected chi connectivity index (χ1v) is 8.17. The lowest BCUT2D eigenvalue weighted by atomic mass is 10.1. The quantitative estimate of drug-likeness (QED) is 0.724. The monoisotopic (exact) mass is 318 g/mol. The molecule has 3 aromatic rings. The number of aromatic nitrogens is 1. The molecule has 0 radical (unpaired) electrons. The van der Waals surface area contributed by atoms with E-state index in [1.165, 1.54) is 0 Å². The summed E-state index contributed by atoms with van der Waals surface area (Å²) in [4.78, 5) is 22.6. The van der Waals surface area contributed by atoms with Gasteiger partial charge in [0.25, 0.3) is 5.91 Å². The Labute approximate surface area is 140 Å². The highest BCUT2D eigenvalue weighted by atomic mass is 16.6. The fraction of sp³-hybridized carbons (Fsp3) is 0.200. The molecule has 4 rings (SSSR count). The van der Waals surface area contributed by atoms with Crippen LogP contribution in [-0.2, 0) is 11.4 Å². The molecule has 0 atom stereocenters. The Morgan fingerprint density at radius 1 is 1.08 bits per heavy atom. The number of hydroxylamine groups is 1. The van der Waals surface area contributed by atoms with Gasteiger partial charge in [-0.2, -0.15) is 0 Å². The van der Waals surface area contributed by atoms with Crippen LogP contribution in [-0.4, -0.2) is 10.9 Å². The van der Waals surface area contributed by atoms with E-state index >= 15 is 0 Å². The van der Waals surface area contributed by atoms with Crippen LogP contribution in [0.2, 0.25) is 0 Å². The molecule has 1 amide bonds. The zero-order chi connectivity index (χ0) is 16.4. The molecule has 0 aliphatic heterocycles. The molecule has 24 heavy (non-hydrogen) atoms. The third-order valence-electron chi connectivity index (χ3n) is 4.22. The first-order chi connectivity index (χ1) is 11.8. The van der Waals surface area contributed by atoms with Crippen molar-refractivity contribution in [3.63, 3.8) is 0 Å². The van der Waals surface area contributed by atoms with Gasteiger partial charge in [0.05, 0.1) is 17.7 Å². The van der Waals surface area contributed by atoms with Crippen molar-refractivity contribution >= 4 is 16.8 Å². The molecule has 0 spiro atoms. The van der Waals surface area contributed by atoms with E-state index in [9.17, 15) is 4.79 Å². The predicted molar refractivity (Wildman–Crippen MR) is 92.4 cm³/mol. The van der Waals surface area contributed by atoms with Crippen LogP contribution in [0.25, 0.3) is 10.9 Å².